The van der Waals surface area contributed by atoms with Gasteiger partial charge >= 0.3 is 6.18 Å². The van der Waals surface area contributed by atoms with Crippen LogP contribution in [-0.4, -0.2) is 11.6 Å². The van der Waals surface area contributed by atoms with E-state index in [9.17, 15) is 13.2 Å². The van der Waals surface area contributed by atoms with Crippen molar-refractivity contribution in [1.29, 1.82) is 0 Å². The molecule has 1 aliphatic rings. The fourth-order valence-corrected chi connectivity index (χ4v) is 1.83. The number of alkyl halides is 3. The fraction of sp³-hybridized carbons (Fsp3) is 0.714. The minimum Gasteiger partial charge on any atom is -0.368 e. The highest BCUT2D eigenvalue weighted by Crippen LogP contribution is 2.34. The van der Waals surface area contributed by atoms with Crippen molar-refractivity contribution in [1.82, 2.24) is 5.32 Å². The van der Waals surface area contributed by atoms with Crippen molar-refractivity contribution in [3.05, 3.63) is 11.1 Å². The molecule has 0 fully saturated rings. The molecule has 70 valence electrons. The lowest BCUT2D eigenvalue weighted by molar-refractivity contribution is -0.0965. The van der Waals surface area contributed by atoms with Gasteiger partial charge in [0, 0.05) is 5.41 Å². The van der Waals surface area contributed by atoms with Gasteiger partial charge in [0.15, 0.2) is 0 Å². The molecule has 5 heteroatoms. The van der Waals surface area contributed by atoms with Crippen LogP contribution in [0.3, 0.4) is 0 Å². The van der Waals surface area contributed by atoms with Crippen LogP contribution in [0.1, 0.15) is 13.8 Å². The third kappa shape index (κ3) is 2.09. The molecule has 0 aromatic carbocycles. The summed E-state index contributed by atoms with van der Waals surface area (Å²) in [6, 6.07) is 0. The maximum atomic E-state index is 12.1. The molecule has 1 rings (SSSR count). The van der Waals surface area contributed by atoms with Crippen LogP contribution >= 0.6 is 11.8 Å². The minimum atomic E-state index is -4.23. The Morgan fingerprint density at radius 2 is 2.08 bits per heavy atom. The Hall–Kier alpha value is -0.320. The molecule has 1 nitrogen and oxygen atoms in total. The van der Waals surface area contributed by atoms with Crippen molar-refractivity contribution < 1.29 is 13.2 Å². The van der Waals surface area contributed by atoms with Gasteiger partial charge in [-0.05, 0) is 5.92 Å². The first-order valence-corrected chi connectivity index (χ1v) is 4.55. The average Bonchev–Trinajstić information content (AvgIpc) is 2.30. The van der Waals surface area contributed by atoms with Gasteiger partial charge in [-0.1, -0.05) is 13.8 Å². The smallest absolute Gasteiger partial charge is 0.368 e. The van der Waals surface area contributed by atoms with Crippen molar-refractivity contribution in [2.24, 2.45) is 5.92 Å². The molecule has 0 bridgehead atoms. The number of nitrogens with one attached hydrogen (secondary N) is 1. The molecule has 1 aliphatic heterocycles. The van der Waals surface area contributed by atoms with Crippen molar-refractivity contribution in [3.63, 3.8) is 0 Å². The van der Waals surface area contributed by atoms with Gasteiger partial charge in [0.2, 0.25) is 0 Å². The molecule has 1 unspecified atom stereocenters. The first-order valence-electron chi connectivity index (χ1n) is 3.60. The third-order valence-corrected chi connectivity index (χ3v) is 2.87. The molecule has 1 N–H and O–H groups in total. The molecule has 0 spiro atoms. The van der Waals surface area contributed by atoms with E-state index in [1.54, 1.807) is 0 Å². The first-order chi connectivity index (χ1) is 5.41. The summed E-state index contributed by atoms with van der Waals surface area (Å²) in [4.78, 5) is 0. The Morgan fingerprint density at radius 3 is 2.33 bits per heavy atom. The van der Waals surface area contributed by atoms with Gasteiger partial charge in [-0.25, -0.2) is 0 Å². The van der Waals surface area contributed by atoms with Crippen LogP contribution < -0.4 is 5.32 Å². The molecular formula is C7H10F3NS. The molecule has 1 heterocycles. The summed E-state index contributed by atoms with van der Waals surface area (Å²) in [7, 11) is 0. The number of hydrogen-bond acceptors (Lipinski definition) is 2. The summed E-state index contributed by atoms with van der Waals surface area (Å²) < 4.78 is 36.2. The SMILES string of the molecule is CC(C)C1NC(C(F)(F)F)=CS1. The summed E-state index contributed by atoms with van der Waals surface area (Å²) in [5, 5.41) is 3.44. The number of thioether (sulfide) groups is 1. The van der Waals surface area contributed by atoms with Crippen LogP contribution in [0.25, 0.3) is 0 Å². The van der Waals surface area contributed by atoms with Crippen LogP contribution in [0.5, 0.6) is 0 Å². The molecule has 0 amide bonds. The van der Waals surface area contributed by atoms with Crippen LogP contribution in [0.4, 0.5) is 13.2 Å². The molecule has 0 aliphatic carbocycles. The molecule has 0 saturated carbocycles. The van der Waals surface area contributed by atoms with E-state index in [2.05, 4.69) is 5.32 Å². The van der Waals surface area contributed by atoms with E-state index in [1.165, 1.54) is 11.8 Å². The van der Waals surface area contributed by atoms with E-state index in [0.29, 0.717) is 0 Å². The molecule has 0 radical (unpaired) electrons. The Labute approximate surface area is 73.4 Å². The van der Waals surface area contributed by atoms with E-state index in [4.69, 9.17) is 0 Å². The quantitative estimate of drug-likeness (QED) is 0.693. The summed E-state index contributed by atoms with van der Waals surface area (Å²) in [6.07, 6.45) is -4.23. The van der Waals surface area contributed by atoms with E-state index < -0.39 is 11.9 Å². The normalized spacial score (nSPS) is 24.2. The lowest BCUT2D eigenvalue weighted by Crippen LogP contribution is -2.31. The maximum Gasteiger partial charge on any atom is 0.431 e. The monoisotopic (exact) mass is 197 g/mol. The summed E-state index contributed by atoms with van der Waals surface area (Å²) in [6.45, 7) is 3.77. The topological polar surface area (TPSA) is 12.0 Å². The Bertz CT molecular complexity index is 197. The van der Waals surface area contributed by atoms with E-state index in [1.807, 2.05) is 13.8 Å². The summed E-state index contributed by atoms with van der Waals surface area (Å²) >= 11 is 1.19. The molecular weight excluding hydrogens is 187 g/mol. The Morgan fingerprint density at radius 1 is 1.50 bits per heavy atom. The predicted molar refractivity (Wildman–Crippen MR) is 43.5 cm³/mol. The van der Waals surface area contributed by atoms with Gasteiger partial charge in [-0.2, -0.15) is 13.2 Å². The number of halogens is 3. The first kappa shape index (κ1) is 9.77. The van der Waals surface area contributed by atoms with Gasteiger partial charge in [0.05, 0.1) is 5.37 Å². The third-order valence-electron chi connectivity index (χ3n) is 1.54. The van der Waals surface area contributed by atoms with E-state index in [-0.39, 0.29) is 11.3 Å². The second-order valence-corrected chi connectivity index (χ2v) is 3.99. The van der Waals surface area contributed by atoms with Crippen molar-refractivity contribution in [3.8, 4) is 0 Å². The van der Waals surface area contributed by atoms with Gasteiger partial charge in [0.1, 0.15) is 5.70 Å². The number of hydrogen-bond donors (Lipinski definition) is 1. The standard InChI is InChI=1S/C7H10F3NS/c1-4(2)6-11-5(3-12-6)7(8,9)10/h3-4,6,11H,1-2H3. The zero-order valence-electron chi connectivity index (χ0n) is 6.77. The second-order valence-electron chi connectivity index (χ2n) is 2.97. The Balaban J connectivity index is 2.55. The van der Waals surface area contributed by atoms with Crippen molar-refractivity contribution >= 4 is 11.8 Å². The highest BCUT2D eigenvalue weighted by atomic mass is 32.2. The fourth-order valence-electron chi connectivity index (χ4n) is 0.835. The minimum absolute atomic E-state index is 0.137. The van der Waals surface area contributed by atoms with Crippen LogP contribution in [0.2, 0.25) is 0 Å². The largest absolute Gasteiger partial charge is 0.431 e. The van der Waals surface area contributed by atoms with Crippen molar-refractivity contribution in [2.75, 3.05) is 0 Å². The summed E-state index contributed by atoms with van der Waals surface area (Å²) in [5.41, 5.74) is -0.619. The van der Waals surface area contributed by atoms with Crippen LogP contribution in [0.15, 0.2) is 11.1 Å². The average molecular weight is 197 g/mol. The second kappa shape index (κ2) is 3.20. The number of allylic oxidation sites excluding steroid dienone is 1. The van der Waals surface area contributed by atoms with Gasteiger partial charge < -0.3 is 5.32 Å². The summed E-state index contributed by atoms with van der Waals surface area (Å²) in [5.74, 6) is 0.200. The van der Waals surface area contributed by atoms with Crippen LogP contribution in [0, 0.1) is 5.92 Å². The zero-order chi connectivity index (χ0) is 9.35. The predicted octanol–water partition coefficient (Wildman–Crippen LogP) is 2.71. The van der Waals surface area contributed by atoms with Gasteiger partial charge in [-0.15, -0.1) is 11.8 Å². The van der Waals surface area contributed by atoms with E-state index in [0.717, 1.165) is 5.41 Å². The van der Waals surface area contributed by atoms with Crippen LogP contribution in [-0.2, 0) is 0 Å². The maximum absolute atomic E-state index is 12.1. The molecule has 12 heavy (non-hydrogen) atoms. The molecule has 1 atom stereocenters. The van der Waals surface area contributed by atoms with E-state index >= 15 is 0 Å². The van der Waals surface area contributed by atoms with Gasteiger partial charge in [-0.3, -0.25) is 0 Å². The Kier molecular flexibility index (Phi) is 2.61. The zero-order valence-corrected chi connectivity index (χ0v) is 7.59. The highest BCUT2D eigenvalue weighted by Gasteiger charge is 2.38. The number of rotatable bonds is 1. The molecule has 0 aromatic heterocycles. The van der Waals surface area contributed by atoms with Gasteiger partial charge in [0.25, 0.3) is 0 Å². The van der Waals surface area contributed by atoms with Crippen molar-refractivity contribution in [2.45, 2.75) is 25.4 Å². The molecule has 0 aromatic rings. The highest BCUT2D eigenvalue weighted by molar-refractivity contribution is 8.03. The lowest BCUT2D eigenvalue weighted by Gasteiger charge is -2.17. The lowest BCUT2D eigenvalue weighted by atomic mass is 10.2. The molecule has 0 saturated heterocycles.